The molecule has 0 radical (unpaired) electrons. The Morgan fingerprint density at radius 3 is 1.97 bits per heavy atom. The second-order valence-electron chi connectivity index (χ2n) is 10.8. The Labute approximate surface area is 210 Å². The zero-order valence-corrected chi connectivity index (χ0v) is 22.5. The highest BCUT2D eigenvalue weighted by Crippen LogP contribution is 2.28. The zero-order valence-electron chi connectivity index (χ0n) is 22.5. The normalized spacial score (nSPS) is 12.3. The van der Waals surface area contributed by atoms with Crippen LogP contribution in [0.25, 0.3) is 5.69 Å². The fraction of sp³-hybridized carbons (Fsp3) is 0.312. The lowest BCUT2D eigenvalue weighted by molar-refractivity contribution is -0.570. The predicted molar refractivity (Wildman–Crippen MR) is 147 cm³/mol. The van der Waals surface area contributed by atoms with E-state index in [-0.39, 0.29) is 5.41 Å². The topological polar surface area (TPSA) is 21.2 Å². The van der Waals surface area contributed by atoms with Crippen LogP contribution in [0.3, 0.4) is 0 Å². The summed E-state index contributed by atoms with van der Waals surface area (Å²) in [6.45, 7) is 17.6. The molecule has 0 saturated heterocycles. The fourth-order valence-corrected chi connectivity index (χ4v) is 4.99. The van der Waals surface area contributed by atoms with E-state index in [1.807, 2.05) is 0 Å². The van der Waals surface area contributed by atoms with Gasteiger partial charge < -0.3 is 0 Å². The van der Waals surface area contributed by atoms with Crippen LogP contribution in [0.4, 0.5) is 5.69 Å². The van der Waals surface area contributed by atoms with Gasteiger partial charge in [0.15, 0.2) is 0 Å². The number of hydrogen-bond donors (Lipinski definition) is 0. The van der Waals surface area contributed by atoms with Crippen LogP contribution in [-0.4, -0.2) is 10.4 Å². The van der Waals surface area contributed by atoms with Gasteiger partial charge >= 0.3 is 0 Å². The van der Waals surface area contributed by atoms with Crippen LogP contribution in [0.5, 0.6) is 0 Å². The number of nitrogens with zero attached hydrogens (tertiary/aromatic N) is 3. The standard InChI is InChI=1S/C32H38N3/c1-22-19-25(4)30(26(5)20-22)34-17-18-35(28(34)21-27-15-10-9-11-16-27)31(32(6,7)8)33-29-23(2)13-12-14-24(29)3/h9-20H,21H2,1-8H3/q+1. The first kappa shape index (κ1) is 24.7. The lowest BCUT2D eigenvalue weighted by Gasteiger charge is -2.20. The van der Waals surface area contributed by atoms with Gasteiger partial charge in [0.1, 0.15) is 17.6 Å². The van der Waals surface area contributed by atoms with Gasteiger partial charge in [-0.15, -0.1) is 4.99 Å². The quantitative estimate of drug-likeness (QED) is 0.169. The molecule has 1 heterocycles. The molecule has 1 aromatic heterocycles. The Balaban J connectivity index is 2.00. The number of aromatic nitrogens is 2. The third-order valence-electron chi connectivity index (χ3n) is 6.56. The lowest BCUT2D eigenvalue weighted by Crippen LogP contribution is -2.52. The van der Waals surface area contributed by atoms with Crippen molar-refractivity contribution in [3.05, 3.63) is 112 Å². The molecule has 3 aromatic carbocycles. The highest BCUT2D eigenvalue weighted by atomic mass is 15.2. The molecule has 0 N–H and O–H groups in total. The maximum Gasteiger partial charge on any atom is 0.248 e. The van der Waals surface area contributed by atoms with E-state index in [2.05, 4.69) is 138 Å². The lowest BCUT2D eigenvalue weighted by atomic mass is 9.94. The first-order chi connectivity index (χ1) is 16.6. The van der Waals surface area contributed by atoms with Gasteiger partial charge in [-0.3, -0.25) is 0 Å². The molecule has 180 valence electrons. The molecule has 35 heavy (non-hydrogen) atoms. The maximum atomic E-state index is 5.33. The molecule has 0 bridgehead atoms. The van der Waals surface area contributed by atoms with E-state index in [1.165, 1.54) is 44.9 Å². The van der Waals surface area contributed by atoms with E-state index in [0.717, 1.165) is 17.9 Å². The minimum atomic E-state index is -0.158. The van der Waals surface area contributed by atoms with Gasteiger partial charge in [-0.2, -0.15) is 0 Å². The highest BCUT2D eigenvalue weighted by Gasteiger charge is 2.32. The van der Waals surface area contributed by atoms with Crippen LogP contribution < -0.4 is 4.57 Å². The summed E-state index contributed by atoms with van der Waals surface area (Å²) in [6.07, 6.45) is 5.20. The SMILES string of the molecule is Cc1cc(C)c(-n2cc[n+](C(=Nc3c(C)cccc3C)C(C)(C)C)c2Cc2ccccc2)c(C)c1. The molecule has 0 spiro atoms. The molecule has 0 fully saturated rings. The van der Waals surface area contributed by atoms with Gasteiger partial charge in [-0.05, 0) is 62.4 Å². The van der Waals surface area contributed by atoms with Crippen molar-refractivity contribution in [1.29, 1.82) is 0 Å². The average Bonchev–Trinajstić information content (AvgIpc) is 3.15. The molecule has 0 atom stereocenters. The summed E-state index contributed by atoms with van der Waals surface area (Å²) >= 11 is 0. The largest absolute Gasteiger partial charge is 0.248 e. The molecule has 0 unspecified atom stereocenters. The smallest absolute Gasteiger partial charge is 0.233 e. The fourth-order valence-electron chi connectivity index (χ4n) is 4.99. The molecule has 0 aliphatic heterocycles. The summed E-state index contributed by atoms with van der Waals surface area (Å²) in [5.74, 6) is 2.24. The van der Waals surface area contributed by atoms with E-state index in [1.54, 1.807) is 0 Å². The number of aliphatic imine (C=N–C) groups is 1. The summed E-state index contributed by atoms with van der Waals surface area (Å²) in [6, 6.07) is 21.7. The number of aryl methyl sites for hydroxylation is 5. The molecule has 0 aliphatic rings. The van der Waals surface area contributed by atoms with Crippen molar-refractivity contribution in [2.24, 2.45) is 10.4 Å². The highest BCUT2D eigenvalue weighted by molar-refractivity contribution is 5.83. The Bertz CT molecular complexity index is 1340. The number of benzene rings is 3. The van der Waals surface area contributed by atoms with Crippen molar-refractivity contribution in [3.63, 3.8) is 0 Å². The summed E-state index contributed by atoms with van der Waals surface area (Å²) < 4.78 is 4.68. The Kier molecular flexibility index (Phi) is 6.80. The molecule has 0 saturated carbocycles. The van der Waals surface area contributed by atoms with Gasteiger partial charge in [-0.25, -0.2) is 9.13 Å². The second kappa shape index (κ2) is 9.65. The minimum absolute atomic E-state index is 0.158. The minimum Gasteiger partial charge on any atom is -0.233 e. The van der Waals surface area contributed by atoms with Gasteiger partial charge in [0.2, 0.25) is 11.7 Å². The van der Waals surface area contributed by atoms with Crippen LogP contribution in [-0.2, 0) is 6.42 Å². The number of hydrogen-bond acceptors (Lipinski definition) is 1. The summed E-state index contributed by atoms with van der Waals surface area (Å²) in [7, 11) is 0. The predicted octanol–water partition coefficient (Wildman–Crippen LogP) is 7.52. The van der Waals surface area contributed by atoms with Crippen molar-refractivity contribution >= 4 is 11.5 Å². The molecule has 4 rings (SSSR count). The number of para-hydroxylation sites is 1. The van der Waals surface area contributed by atoms with Crippen molar-refractivity contribution < 1.29 is 4.57 Å². The molecular weight excluding hydrogens is 426 g/mol. The number of rotatable bonds is 4. The van der Waals surface area contributed by atoms with Crippen LogP contribution in [0.1, 0.15) is 60.0 Å². The molecule has 4 aromatic rings. The Morgan fingerprint density at radius 1 is 0.800 bits per heavy atom. The Morgan fingerprint density at radius 2 is 1.40 bits per heavy atom. The van der Waals surface area contributed by atoms with Crippen LogP contribution in [0.2, 0.25) is 0 Å². The van der Waals surface area contributed by atoms with E-state index >= 15 is 0 Å². The maximum absolute atomic E-state index is 5.33. The molecule has 3 nitrogen and oxygen atoms in total. The summed E-state index contributed by atoms with van der Waals surface area (Å²) in [5.41, 5.74) is 9.68. The molecule has 3 heteroatoms. The number of imidazole rings is 1. The summed E-state index contributed by atoms with van der Waals surface area (Å²) in [5, 5.41) is 0. The van der Waals surface area contributed by atoms with Gasteiger partial charge in [0, 0.05) is 0 Å². The summed E-state index contributed by atoms with van der Waals surface area (Å²) in [4.78, 5) is 5.33. The first-order valence-electron chi connectivity index (χ1n) is 12.5. The van der Waals surface area contributed by atoms with E-state index in [0.29, 0.717) is 0 Å². The van der Waals surface area contributed by atoms with Crippen LogP contribution >= 0.6 is 0 Å². The van der Waals surface area contributed by atoms with Crippen molar-refractivity contribution in [1.82, 2.24) is 4.57 Å². The van der Waals surface area contributed by atoms with E-state index in [4.69, 9.17) is 4.99 Å². The first-order valence-corrected chi connectivity index (χ1v) is 12.5. The van der Waals surface area contributed by atoms with Crippen LogP contribution in [0.15, 0.2) is 78.0 Å². The van der Waals surface area contributed by atoms with Crippen molar-refractivity contribution in [2.45, 2.75) is 61.8 Å². The zero-order chi connectivity index (χ0) is 25.3. The van der Waals surface area contributed by atoms with Crippen LogP contribution in [0, 0.1) is 40.0 Å². The average molecular weight is 465 g/mol. The van der Waals surface area contributed by atoms with Crippen molar-refractivity contribution in [2.75, 3.05) is 0 Å². The third-order valence-corrected chi connectivity index (χ3v) is 6.56. The van der Waals surface area contributed by atoms with E-state index < -0.39 is 0 Å². The molecular formula is C32H38N3+. The van der Waals surface area contributed by atoms with Gasteiger partial charge in [-0.1, -0.05) is 87.0 Å². The molecule has 0 aliphatic carbocycles. The molecule has 0 amide bonds. The van der Waals surface area contributed by atoms with E-state index in [9.17, 15) is 0 Å². The monoisotopic (exact) mass is 464 g/mol. The third kappa shape index (κ3) is 5.14. The second-order valence-corrected chi connectivity index (χ2v) is 10.8. The van der Waals surface area contributed by atoms with Gasteiger partial charge in [0.05, 0.1) is 18.0 Å². The van der Waals surface area contributed by atoms with Crippen molar-refractivity contribution in [3.8, 4) is 5.69 Å². The van der Waals surface area contributed by atoms with Gasteiger partial charge in [0.25, 0.3) is 0 Å². The Hall–Kier alpha value is -3.46.